The zero-order valence-electron chi connectivity index (χ0n) is 14.5. The van der Waals surface area contributed by atoms with Crippen LogP contribution in [-0.2, 0) is 14.3 Å². The first kappa shape index (κ1) is 17.9. The maximum atomic E-state index is 13.1. The largest absolute Gasteiger partial charge is 0.465 e. The summed E-state index contributed by atoms with van der Waals surface area (Å²) in [6.45, 7) is 1.85. The van der Waals surface area contributed by atoms with E-state index >= 15 is 0 Å². The zero-order valence-corrected chi connectivity index (χ0v) is 16.1. The van der Waals surface area contributed by atoms with Gasteiger partial charge >= 0.3 is 5.97 Å². The maximum absolute atomic E-state index is 13.1. The van der Waals surface area contributed by atoms with Gasteiger partial charge in [0.1, 0.15) is 0 Å². The minimum Gasteiger partial charge on any atom is -0.465 e. The molecule has 0 saturated heterocycles. The number of methoxy groups -OCH3 is 1. The Kier molecular flexibility index (Phi) is 5.42. The van der Waals surface area contributed by atoms with Gasteiger partial charge in [0.2, 0.25) is 0 Å². The lowest BCUT2D eigenvalue weighted by molar-refractivity contribution is -0.136. The van der Waals surface area contributed by atoms with Gasteiger partial charge in [-0.05, 0) is 43.5 Å². The number of carbonyl (C=O) groups excluding carboxylic acids is 2. The molecule has 0 aromatic heterocycles. The van der Waals surface area contributed by atoms with Crippen LogP contribution in [-0.4, -0.2) is 29.9 Å². The molecule has 1 aliphatic heterocycles. The van der Waals surface area contributed by atoms with Crippen LogP contribution in [0.5, 0.6) is 0 Å². The van der Waals surface area contributed by atoms with Crippen molar-refractivity contribution in [3.05, 3.63) is 51.1 Å². The summed E-state index contributed by atoms with van der Waals surface area (Å²) in [5.74, 6) is -0.541. The summed E-state index contributed by atoms with van der Waals surface area (Å²) in [6, 6.07) is 7.84. The molecule has 0 radical (unpaired) electrons. The Balaban J connectivity index is 2.02. The van der Waals surface area contributed by atoms with Gasteiger partial charge in [-0.1, -0.05) is 47.3 Å². The average Bonchev–Trinajstić information content (AvgIpc) is 2.87. The van der Waals surface area contributed by atoms with Gasteiger partial charge in [-0.15, -0.1) is 0 Å². The van der Waals surface area contributed by atoms with Crippen LogP contribution < -0.4 is 0 Å². The summed E-state index contributed by atoms with van der Waals surface area (Å²) in [5, 5.41) is 0. The molecule has 1 heterocycles. The van der Waals surface area contributed by atoms with E-state index in [4.69, 9.17) is 4.74 Å². The van der Waals surface area contributed by atoms with E-state index in [0.717, 1.165) is 35.7 Å². The highest BCUT2D eigenvalue weighted by Crippen LogP contribution is 2.36. The molecule has 0 atom stereocenters. The molecule has 1 aliphatic carbocycles. The Morgan fingerprint density at radius 2 is 1.84 bits per heavy atom. The normalized spacial score (nSPS) is 20.5. The number of allylic oxidation sites excluding steroid dienone is 1. The lowest BCUT2D eigenvalue weighted by Crippen LogP contribution is -2.37. The van der Waals surface area contributed by atoms with E-state index in [2.05, 4.69) is 15.9 Å². The van der Waals surface area contributed by atoms with Gasteiger partial charge in [-0.25, -0.2) is 4.79 Å². The summed E-state index contributed by atoms with van der Waals surface area (Å²) >= 11 is 3.41. The first-order chi connectivity index (χ1) is 12.0. The number of amides is 1. The molecule has 3 rings (SSSR count). The molecule has 132 valence electrons. The molecule has 2 aliphatic rings. The van der Waals surface area contributed by atoms with Crippen LogP contribution in [0.25, 0.3) is 6.08 Å². The van der Waals surface area contributed by atoms with Crippen molar-refractivity contribution in [2.75, 3.05) is 7.11 Å². The molecule has 4 nitrogen and oxygen atoms in total. The smallest absolute Gasteiger partial charge is 0.340 e. The molecule has 0 N–H and O–H groups in total. The third-order valence-electron chi connectivity index (χ3n) is 4.95. The number of carbonyl (C=O) groups is 2. The molecular weight excluding hydrogens is 382 g/mol. The van der Waals surface area contributed by atoms with E-state index in [0.29, 0.717) is 16.8 Å². The summed E-state index contributed by atoms with van der Waals surface area (Å²) in [6.07, 6.45) is 7.23. The molecule has 0 bridgehead atoms. The van der Waals surface area contributed by atoms with E-state index in [1.54, 1.807) is 6.08 Å². The highest BCUT2D eigenvalue weighted by Gasteiger charge is 2.40. The number of benzene rings is 1. The van der Waals surface area contributed by atoms with Gasteiger partial charge in [0.15, 0.2) is 0 Å². The third-order valence-corrected chi connectivity index (χ3v) is 5.48. The lowest BCUT2D eigenvalue weighted by Gasteiger charge is -2.32. The number of hydrogen-bond donors (Lipinski definition) is 0. The minimum absolute atomic E-state index is 0.0901. The van der Waals surface area contributed by atoms with E-state index < -0.39 is 5.97 Å². The van der Waals surface area contributed by atoms with Crippen LogP contribution in [0.15, 0.2) is 45.6 Å². The van der Waals surface area contributed by atoms with E-state index in [9.17, 15) is 9.59 Å². The van der Waals surface area contributed by atoms with E-state index in [1.807, 2.05) is 36.1 Å². The topological polar surface area (TPSA) is 46.6 Å². The molecule has 1 fully saturated rings. The fourth-order valence-electron chi connectivity index (χ4n) is 3.70. The third kappa shape index (κ3) is 3.56. The van der Waals surface area contributed by atoms with Crippen molar-refractivity contribution in [2.24, 2.45) is 0 Å². The van der Waals surface area contributed by atoms with Gasteiger partial charge in [0.25, 0.3) is 5.91 Å². The first-order valence-electron chi connectivity index (χ1n) is 8.63. The zero-order chi connectivity index (χ0) is 18.0. The van der Waals surface area contributed by atoms with Crippen molar-refractivity contribution in [1.29, 1.82) is 0 Å². The van der Waals surface area contributed by atoms with Crippen LogP contribution in [0.4, 0.5) is 0 Å². The summed E-state index contributed by atoms with van der Waals surface area (Å²) in [4.78, 5) is 27.3. The van der Waals surface area contributed by atoms with Gasteiger partial charge in [0, 0.05) is 16.2 Å². The molecular formula is C20H22BrNO3. The second-order valence-corrected chi connectivity index (χ2v) is 7.44. The highest BCUT2D eigenvalue weighted by atomic mass is 79.9. The monoisotopic (exact) mass is 403 g/mol. The predicted molar refractivity (Wildman–Crippen MR) is 101 cm³/mol. The summed E-state index contributed by atoms with van der Waals surface area (Å²) in [7, 11) is 1.35. The van der Waals surface area contributed by atoms with Crippen molar-refractivity contribution in [3.8, 4) is 0 Å². The lowest BCUT2D eigenvalue weighted by atomic mass is 9.94. The average molecular weight is 404 g/mol. The number of esters is 1. The summed E-state index contributed by atoms with van der Waals surface area (Å²) in [5.41, 5.74) is 2.41. The van der Waals surface area contributed by atoms with Crippen molar-refractivity contribution < 1.29 is 14.3 Å². The molecule has 1 amide bonds. The Hall–Kier alpha value is -1.88. The molecule has 0 spiro atoms. The summed E-state index contributed by atoms with van der Waals surface area (Å²) < 4.78 is 5.92. The number of hydrogen-bond acceptors (Lipinski definition) is 3. The molecule has 25 heavy (non-hydrogen) atoms. The van der Waals surface area contributed by atoms with Crippen molar-refractivity contribution >= 4 is 33.9 Å². The fraction of sp³-hybridized carbons (Fsp3) is 0.400. The van der Waals surface area contributed by atoms with E-state index in [1.165, 1.54) is 13.5 Å². The molecule has 1 aromatic carbocycles. The molecule has 1 aromatic rings. The Morgan fingerprint density at radius 3 is 2.44 bits per heavy atom. The molecule has 1 saturated carbocycles. The Morgan fingerprint density at radius 1 is 1.20 bits per heavy atom. The SMILES string of the molecule is COC(=O)C1=C(C)N(C2CCCCC2)C(=O)C1=Cc1ccc(Br)cc1. The second kappa shape index (κ2) is 7.56. The van der Waals surface area contributed by atoms with Gasteiger partial charge in [-0.3, -0.25) is 4.79 Å². The van der Waals surface area contributed by atoms with Crippen molar-refractivity contribution in [1.82, 2.24) is 4.90 Å². The quantitative estimate of drug-likeness (QED) is 0.552. The van der Waals surface area contributed by atoms with Gasteiger partial charge < -0.3 is 9.64 Å². The Labute approximate surface area is 156 Å². The second-order valence-electron chi connectivity index (χ2n) is 6.53. The van der Waals surface area contributed by atoms with Crippen molar-refractivity contribution in [3.63, 3.8) is 0 Å². The van der Waals surface area contributed by atoms with Gasteiger partial charge in [0.05, 0.1) is 18.3 Å². The number of ether oxygens (including phenoxy) is 1. The molecule has 5 heteroatoms. The van der Waals surface area contributed by atoms with Crippen LogP contribution in [0.3, 0.4) is 0 Å². The van der Waals surface area contributed by atoms with Crippen LogP contribution in [0.1, 0.15) is 44.6 Å². The fourth-order valence-corrected chi connectivity index (χ4v) is 3.97. The molecule has 0 unspecified atom stereocenters. The Bertz CT molecular complexity index is 743. The first-order valence-corrected chi connectivity index (χ1v) is 9.42. The minimum atomic E-state index is -0.451. The number of nitrogens with zero attached hydrogens (tertiary/aromatic N) is 1. The highest BCUT2D eigenvalue weighted by molar-refractivity contribution is 9.10. The van der Waals surface area contributed by atoms with Crippen LogP contribution >= 0.6 is 15.9 Å². The number of rotatable bonds is 3. The van der Waals surface area contributed by atoms with Gasteiger partial charge in [-0.2, -0.15) is 0 Å². The predicted octanol–water partition coefficient (Wildman–Crippen LogP) is 4.45. The van der Waals surface area contributed by atoms with E-state index in [-0.39, 0.29) is 11.9 Å². The maximum Gasteiger partial charge on any atom is 0.340 e. The number of halogens is 1. The van der Waals surface area contributed by atoms with Crippen LogP contribution in [0, 0.1) is 0 Å². The van der Waals surface area contributed by atoms with Crippen LogP contribution in [0.2, 0.25) is 0 Å². The standard InChI is InChI=1S/C20H22BrNO3/c1-13-18(20(24)25-2)17(12-14-8-10-15(21)11-9-14)19(23)22(13)16-6-4-3-5-7-16/h8-12,16H,3-7H2,1-2H3. The van der Waals surface area contributed by atoms with Crippen molar-refractivity contribution in [2.45, 2.75) is 45.1 Å².